The lowest BCUT2D eigenvalue weighted by Gasteiger charge is -2.10. The molecule has 0 aliphatic rings. The molecule has 0 amide bonds. The van der Waals surface area contributed by atoms with E-state index in [2.05, 4.69) is 59.6 Å². The molecule has 0 aliphatic carbocycles. The molecule has 0 atom stereocenters. The fourth-order valence-electron chi connectivity index (χ4n) is 2.40. The van der Waals surface area contributed by atoms with E-state index in [9.17, 15) is 4.79 Å². The van der Waals surface area contributed by atoms with Crippen LogP contribution in [0.3, 0.4) is 0 Å². The SMILES string of the molecule is Cc1ccc(C)c(Cn2cnc3ccc(I)cc3c2=O)c1. The first-order chi connectivity index (χ1) is 10.0. The van der Waals surface area contributed by atoms with E-state index in [-0.39, 0.29) is 5.56 Å². The van der Waals surface area contributed by atoms with E-state index in [0.717, 1.165) is 14.7 Å². The van der Waals surface area contributed by atoms with E-state index < -0.39 is 0 Å². The molecule has 4 heteroatoms. The number of benzene rings is 2. The van der Waals surface area contributed by atoms with Crippen LogP contribution < -0.4 is 5.56 Å². The van der Waals surface area contributed by atoms with Crippen molar-refractivity contribution in [3.8, 4) is 0 Å². The molecule has 0 radical (unpaired) electrons. The van der Waals surface area contributed by atoms with Gasteiger partial charge in [-0.05, 0) is 65.8 Å². The summed E-state index contributed by atoms with van der Waals surface area (Å²) in [7, 11) is 0. The fraction of sp³-hybridized carbons (Fsp3) is 0.176. The van der Waals surface area contributed by atoms with Crippen molar-refractivity contribution in [2.45, 2.75) is 20.4 Å². The van der Waals surface area contributed by atoms with Crippen LogP contribution in [-0.2, 0) is 6.54 Å². The monoisotopic (exact) mass is 390 g/mol. The van der Waals surface area contributed by atoms with Crippen LogP contribution in [0.2, 0.25) is 0 Å². The van der Waals surface area contributed by atoms with Crippen molar-refractivity contribution >= 4 is 33.5 Å². The van der Waals surface area contributed by atoms with Gasteiger partial charge in [-0.3, -0.25) is 9.36 Å². The lowest BCUT2D eigenvalue weighted by Crippen LogP contribution is -2.21. The summed E-state index contributed by atoms with van der Waals surface area (Å²) in [6.45, 7) is 4.69. The highest BCUT2D eigenvalue weighted by Crippen LogP contribution is 2.14. The van der Waals surface area contributed by atoms with Crippen LogP contribution in [0.1, 0.15) is 16.7 Å². The van der Waals surface area contributed by atoms with E-state index in [1.165, 1.54) is 11.1 Å². The third-order valence-electron chi connectivity index (χ3n) is 3.63. The molecule has 0 bridgehead atoms. The topological polar surface area (TPSA) is 34.9 Å². The Balaban J connectivity index is 2.11. The molecule has 0 unspecified atom stereocenters. The zero-order valence-electron chi connectivity index (χ0n) is 11.9. The van der Waals surface area contributed by atoms with E-state index in [1.54, 1.807) is 10.9 Å². The first kappa shape index (κ1) is 14.3. The van der Waals surface area contributed by atoms with Crippen LogP contribution >= 0.6 is 22.6 Å². The van der Waals surface area contributed by atoms with Gasteiger partial charge < -0.3 is 0 Å². The molecule has 0 fully saturated rings. The Bertz CT molecular complexity index is 884. The van der Waals surface area contributed by atoms with Gasteiger partial charge in [0.2, 0.25) is 0 Å². The largest absolute Gasteiger partial charge is 0.294 e. The molecule has 0 aliphatic heterocycles. The van der Waals surface area contributed by atoms with Crippen molar-refractivity contribution in [2.75, 3.05) is 0 Å². The van der Waals surface area contributed by atoms with Crippen LogP contribution in [0.15, 0.2) is 47.5 Å². The second-order valence-electron chi connectivity index (χ2n) is 5.27. The van der Waals surface area contributed by atoms with Gasteiger partial charge >= 0.3 is 0 Å². The Morgan fingerprint density at radius 2 is 1.95 bits per heavy atom. The zero-order chi connectivity index (χ0) is 15.0. The van der Waals surface area contributed by atoms with Gasteiger partial charge in [0, 0.05) is 3.57 Å². The van der Waals surface area contributed by atoms with Crippen molar-refractivity contribution < 1.29 is 0 Å². The molecule has 106 valence electrons. The lowest BCUT2D eigenvalue weighted by molar-refractivity contribution is 0.744. The van der Waals surface area contributed by atoms with Crippen LogP contribution in [0.5, 0.6) is 0 Å². The van der Waals surface area contributed by atoms with Gasteiger partial charge in [0.1, 0.15) is 0 Å². The van der Waals surface area contributed by atoms with Crippen molar-refractivity contribution in [1.29, 1.82) is 0 Å². The van der Waals surface area contributed by atoms with Crippen molar-refractivity contribution in [2.24, 2.45) is 0 Å². The second kappa shape index (κ2) is 5.60. The summed E-state index contributed by atoms with van der Waals surface area (Å²) >= 11 is 2.21. The Morgan fingerprint density at radius 1 is 1.14 bits per heavy atom. The van der Waals surface area contributed by atoms with E-state index in [4.69, 9.17) is 0 Å². The Labute approximate surface area is 136 Å². The van der Waals surface area contributed by atoms with E-state index in [1.807, 2.05) is 18.2 Å². The minimum atomic E-state index is 0.0134. The highest BCUT2D eigenvalue weighted by atomic mass is 127. The smallest absolute Gasteiger partial charge is 0.261 e. The molecule has 3 rings (SSSR count). The van der Waals surface area contributed by atoms with Crippen molar-refractivity contribution in [3.05, 3.63) is 73.3 Å². The number of fused-ring (bicyclic) bond motifs is 1. The average molecular weight is 390 g/mol. The number of aryl methyl sites for hydroxylation is 2. The Morgan fingerprint density at radius 3 is 2.76 bits per heavy atom. The number of aromatic nitrogens is 2. The van der Waals surface area contributed by atoms with Gasteiger partial charge in [0.15, 0.2) is 0 Å². The molecule has 1 heterocycles. The highest BCUT2D eigenvalue weighted by molar-refractivity contribution is 14.1. The summed E-state index contributed by atoms with van der Waals surface area (Å²) in [4.78, 5) is 17.0. The summed E-state index contributed by atoms with van der Waals surface area (Å²) in [6, 6.07) is 12.0. The van der Waals surface area contributed by atoms with Crippen LogP contribution in [0.4, 0.5) is 0 Å². The summed E-state index contributed by atoms with van der Waals surface area (Å²) in [6.07, 6.45) is 1.64. The van der Waals surface area contributed by atoms with Gasteiger partial charge in [-0.15, -0.1) is 0 Å². The Kier molecular flexibility index (Phi) is 3.80. The van der Waals surface area contributed by atoms with Crippen molar-refractivity contribution in [3.63, 3.8) is 0 Å². The summed E-state index contributed by atoms with van der Waals surface area (Å²) in [5.74, 6) is 0. The molecular weight excluding hydrogens is 375 g/mol. The average Bonchev–Trinajstić information content (AvgIpc) is 2.46. The maximum Gasteiger partial charge on any atom is 0.261 e. The molecule has 0 N–H and O–H groups in total. The molecule has 2 aromatic carbocycles. The molecule has 3 aromatic rings. The summed E-state index contributed by atoms with van der Waals surface area (Å²) < 4.78 is 2.73. The lowest BCUT2D eigenvalue weighted by atomic mass is 10.1. The standard InChI is InChI=1S/C17H15IN2O/c1-11-3-4-12(2)13(7-11)9-20-10-19-16-6-5-14(18)8-15(16)17(20)21/h3-8,10H,9H2,1-2H3. The molecule has 3 nitrogen and oxygen atoms in total. The molecule has 0 saturated carbocycles. The number of rotatable bonds is 2. The normalized spacial score (nSPS) is 11.0. The predicted octanol–water partition coefficient (Wildman–Crippen LogP) is 3.67. The zero-order valence-corrected chi connectivity index (χ0v) is 14.1. The van der Waals surface area contributed by atoms with Gasteiger partial charge in [0.05, 0.1) is 23.8 Å². The second-order valence-corrected chi connectivity index (χ2v) is 6.51. The number of hydrogen-bond acceptors (Lipinski definition) is 2. The summed E-state index contributed by atoms with van der Waals surface area (Å²) in [5.41, 5.74) is 4.31. The minimum absolute atomic E-state index is 0.0134. The molecule has 1 aromatic heterocycles. The molecular formula is C17H15IN2O. The third kappa shape index (κ3) is 2.85. The van der Waals surface area contributed by atoms with Crippen LogP contribution in [0, 0.1) is 17.4 Å². The number of halogens is 1. The summed E-state index contributed by atoms with van der Waals surface area (Å²) in [5, 5.41) is 0.676. The van der Waals surface area contributed by atoms with Gasteiger partial charge in [-0.2, -0.15) is 0 Å². The Hall–Kier alpha value is -1.69. The van der Waals surface area contributed by atoms with Gasteiger partial charge in [0.25, 0.3) is 5.56 Å². The maximum absolute atomic E-state index is 12.6. The molecule has 0 spiro atoms. The van der Waals surface area contributed by atoms with E-state index in [0.29, 0.717) is 11.9 Å². The highest BCUT2D eigenvalue weighted by Gasteiger charge is 2.07. The first-order valence-corrected chi connectivity index (χ1v) is 7.83. The quantitative estimate of drug-likeness (QED) is 0.626. The van der Waals surface area contributed by atoms with E-state index >= 15 is 0 Å². The van der Waals surface area contributed by atoms with Gasteiger partial charge in [-0.1, -0.05) is 23.8 Å². The van der Waals surface area contributed by atoms with Crippen molar-refractivity contribution in [1.82, 2.24) is 9.55 Å². The van der Waals surface area contributed by atoms with Crippen LogP contribution in [-0.4, -0.2) is 9.55 Å². The fourth-order valence-corrected chi connectivity index (χ4v) is 2.89. The molecule has 21 heavy (non-hydrogen) atoms. The molecule has 0 saturated heterocycles. The number of hydrogen-bond donors (Lipinski definition) is 0. The predicted molar refractivity (Wildman–Crippen MR) is 93.7 cm³/mol. The van der Waals surface area contributed by atoms with Gasteiger partial charge in [-0.25, -0.2) is 4.98 Å². The minimum Gasteiger partial charge on any atom is -0.294 e. The maximum atomic E-state index is 12.6. The number of nitrogens with zero attached hydrogens (tertiary/aromatic N) is 2. The first-order valence-electron chi connectivity index (χ1n) is 6.75. The third-order valence-corrected chi connectivity index (χ3v) is 4.30. The van der Waals surface area contributed by atoms with Crippen LogP contribution in [0.25, 0.3) is 10.9 Å².